The molecule has 0 bridgehead atoms. The highest BCUT2D eigenvalue weighted by molar-refractivity contribution is 9.10. The minimum atomic E-state index is -0.267. The van der Waals surface area contributed by atoms with Crippen LogP contribution < -0.4 is 10.6 Å². The molecule has 2 aliphatic rings. The van der Waals surface area contributed by atoms with Gasteiger partial charge in [-0.3, -0.25) is 9.59 Å². The number of hydrogen-bond donors (Lipinski definition) is 1. The fourth-order valence-corrected chi connectivity index (χ4v) is 5.24. The Kier molecular flexibility index (Phi) is 5.63. The summed E-state index contributed by atoms with van der Waals surface area (Å²) in [6, 6.07) is 14.3. The van der Waals surface area contributed by atoms with E-state index in [-0.39, 0.29) is 11.8 Å². The Morgan fingerprint density at radius 1 is 1.07 bits per heavy atom. The molecule has 2 fully saturated rings. The predicted molar refractivity (Wildman–Crippen MR) is 118 cm³/mol. The maximum atomic E-state index is 13.1. The standard InChI is InChI=1S/C23H26BrN3O2/c1-15-4-2-7-20(24)22(15)23(29)27-13-17-11-26(12-18(17)14-27)19-6-3-5-16(10-19)8-9-21(25)28/h2-7,10,17-18H,8-9,11-14H2,1H3,(H2,25,28). The molecule has 152 valence electrons. The molecule has 4 rings (SSSR count). The zero-order valence-corrected chi connectivity index (χ0v) is 18.2. The van der Waals surface area contributed by atoms with Crippen molar-refractivity contribution in [2.45, 2.75) is 19.8 Å². The van der Waals surface area contributed by atoms with Crippen LogP contribution in [0.3, 0.4) is 0 Å². The molecular weight excluding hydrogens is 430 g/mol. The molecule has 0 aromatic heterocycles. The monoisotopic (exact) mass is 455 g/mol. The van der Waals surface area contributed by atoms with Gasteiger partial charge in [-0.25, -0.2) is 0 Å². The van der Waals surface area contributed by atoms with Crippen molar-refractivity contribution in [1.82, 2.24) is 4.90 Å². The first kappa shape index (κ1) is 20.0. The third kappa shape index (κ3) is 4.17. The van der Waals surface area contributed by atoms with E-state index in [2.05, 4.69) is 33.0 Å². The van der Waals surface area contributed by atoms with Crippen LogP contribution in [0.5, 0.6) is 0 Å². The van der Waals surface area contributed by atoms with E-state index < -0.39 is 0 Å². The van der Waals surface area contributed by atoms with E-state index in [1.165, 1.54) is 5.69 Å². The van der Waals surface area contributed by atoms with Gasteiger partial charge in [0.1, 0.15) is 0 Å². The highest BCUT2D eigenvalue weighted by Crippen LogP contribution is 2.35. The molecule has 0 spiro atoms. The fraction of sp³-hybridized carbons (Fsp3) is 0.391. The molecule has 2 unspecified atom stereocenters. The number of amides is 2. The van der Waals surface area contributed by atoms with Crippen molar-refractivity contribution in [2.24, 2.45) is 17.6 Å². The van der Waals surface area contributed by atoms with Crippen LogP contribution in [0.25, 0.3) is 0 Å². The van der Waals surface area contributed by atoms with Crippen LogP contribution in [0, 0.1) is 18.8 Å². The van der Waals surface area contributed by atoms with E-state index >= 15 is 0 Å². The Balaban J connectivity index is 1.41. The van der Waals surface area contributed by atoms with Crippen molar-refractivity contribution in [3.05, 3.63) is 63.6 Å². The van der Waals surface area contributed by atoms with Crippen LogP contribution in [0.15, 0.2) is 46.9 Å². The number of anilines is 1. The minimum Gasteiger partial charge on any atom is -0.371 e. The molecule has 0 saturated carbocycles. The Bertz CT molecular complexity index is 911. The van der Waals surface area contributed by atoms with Gasteiger partial charge in [0.25, 0.3) is 5.91 Å². The summed E-state index contributed by atoms with van der Waals surface area (Å²) in [4.78, 5) is 28.6. The van der Waals surface area contributed by atoms with Gasteiger partial charge in [-0.15, -0.1) is 0 Å². The number of nitrogens with two attached hydrogens (primary N) is 1. The van der Waals surface area contributed by atoms with Gasteiger partial charge in [-0.2, -0.15) is 0 Å². The van der Waals surface area contributed by atoms with E-state index in [9.17, 15) is 9.59 Å². The Labute approximate surface area is 180 Å². The van der Waals surface area contributed by atoms with Gasteiger partial charge < -0.3 is 15.5 Å². The lowest BCUT2D eigenvalue weighted by atomic mass is 10.0. The largest absolute Gasteiger partial charge is 0.371 e. The second-order valence-corrected chi connectivity index (χ2v) is 9.06. The Morgan fingerprint density at radius 3 is 2.41 bits per heavy atom. The number of fused-ring (bicyclic) bond motifs is 1. The summed E-state index contributed by atoms with van der Waals surface area (Å²) in [5.74, 6) is 0.854. The number of halogens is 1. The summed E-state index contributed by atoms with van der Waals surface area (Å²) in [6.45, 7) is 5.53. The predicted octanol–water partition coefficient (Wildman–Crippen LogP) is 3.38. The number of primary amides is 1. The Hall–Kier alpha value is -2.34. The number of nitrogens with zero attached hydrogens (tertiary/aromatic N) is 2. The highest BCUT2D eigenvalue weighted by Gasteiger charge is 2.42. The van der Waals surface area contributed by atoms with Gasteiger partial charge in [0, 0.05) is 54.6 Å². The zero-order valence-electron chi connectivity index (χ0n) is 16.6. The van der Waals surface area contributed by atoms with Gasteiger partial charge >= 0.3 is 0 Å². The second kappa shape index (κ2) is 8.19. The molecule has 2 heterocycles. The first-order valence-corrected chi connectivity index (χ1v) is 10.9. The van der Waals surface area contributed by atoms with Crippen molar-refractivity contribution in [1.29, 1.82) is 0 Å². The van der Waals surface area contributed by atoms with Crippen LogP contribution in [0.1, 0.15) is 27.9 Å². The van der Waals surface area contributed by atoms with Crippen LogP contribution in [0.2, 0.25) is 0 Å². The number of hydrogen-bond acceptors (Lipinski definition) is 3. The normalized spacial score (nSPS) is 20.8. The average Bonchev–Trinajstić information content (AvgIpc) is 3.25. The molecule has 29 heavy (non-hydrogen) atoms. The number of carbonyl (C=O) groups excluding carboxylic acids is 2. The third-order valence-electron chi connectivity index (χ3n) is 6.15. The van der Waals surface area contributed by atoms with Crippen molar-refractivity contribution < 1.29 is 9.59 Å². The molecule has 2 saturated heterocycles. The number of benzene rings is 2. The number of aryl methyl sites for hydroxylation is 2. The van der Waals surface area contributed by atoms with Crippen LogP contribution in [-0.4, -0.2) is 42.9 Å². The van der Waals surface area contributed by atoms with E-state index in [0.29, 0.717) is 24.7 Å². The molecule has 0 aliphatic carbocycles. The maximum Gasteiger partial charge on any atom is 0.255 e. The van der Waals surface area contributed by atoms with Crippen molar-refractivity contribution in [2.75, 3.05) is 31.1 Å². The topological polar surface area (TPSA) is 66.6 Å². The highest BCUT2D eigenvalue weighted by atomic mass is 79.9. The van der Waals surface area contributed by atoms with Crippen LogP contribution in [-0.2, 0) is 11.2 Å². The molecular formula is C23H26BrN3O2. The van der Waals surface area contributed by atoms with E-state index in [1.54, 1.807) is 0 Å². The van der Waals surface area contributed by atoms with Crippen LogP contribution in [0.4, 0.5) is 5.69 Å². The van der Waals surface area contributed by atoms with Gasteiger partial charge in [0.05, 0.1) is 5.56 Å². The van der Waals surface area contributed by atoms with Crippen LogP contribution >= 0.6 is 15.9 Å². The molecule has 2 aromatic rings. The minimum absolute atomic E-state index is 0.129. The summed E-state index contributed by atoms with van der Waals surface area (Å²) in [5, 5.41) is 0. The molecule has 2 atom stereocenters. The number of rotatable bonds is 5. The molecule has 6 heteroatoms. The van der Waals surface area contributed by atoms with Gasteiger partial charge in [-0.1, -0.05) is 24.3 Å². The lowest BCUT2D eigenvalue weighted by molar-refractivity contribution is -0.117. The van der Waals surface area contributed by atoms with Gasteiger partial charge in [-0.05, 0) is 58.6 Å². The first-order valence-electron chi connectivity index (χ1n) is 10.1. The van der Waals surface area contributed by atoms with E-state index in [1.807, 2.05) is 42.2 Å². The van der Waals surface area contributed by atoms with E-state index in [4.69, 9.17) is 5.73 Å². The zero-order chi connectivity index (χ0) is 20.5. The smallest absolute Gasteiger partial charge is 0.255 e. The fourth-order valence-electron chi connectivity index (χ4n) is 4.61. The third-order valence-corrected chi connectivity index (χ3v) is 6.81. The average molecular weight is 456 g/mol. The second-order valence-electron chi connectivity index (χ2n) is 8.20. The molecule has 0 radical (unpaired) electrons. The quantitative estimate of drug-likeness (QED) is 0.750. The van der Waals surface area contributed by atoms with Crippen molar-refractivity contribution in [3.63, 3.8) is 0 Å². The summed E-state index contributed by atoms with van der Waals surface area (Å²) in [7, 11) is 0. The number of carbonyl (C=O) groups is 2. The molecule has 2 N–H and O–H groups in total. The Morgan fingerprint density at radius 2 is 1.76 bits per heavy atom. The van der Waals surface area contributed by atoms with Crippen molar-refractivity contribution >= 4 is 33.4 Å². The van der Waals surface area contributed by atoms with Crippen molar-refractivity contribution in [3.8, 4) is 0 Å². The lowest BCUT2D eigenvalue weighted by Crippen LogP contribution is -2.33. The van der Waals surface area contributed by atoms with Gasteiger partial charge in [0.2, 0.25) is 5.91 Å². The summed E-state index contributed by atoms with van der Waals surface area (Å²) >= 11 is 3.54. The molecule has 2 aromatic carbocycles. The maximum absolute atomic E-state index is 13.1. The molecule has 2 amide bonds. The SMILES string of the molecule is Cc1cccc(Br)c1C(=O)N1CC2CN(c3cccc(CCC(N)=O)c3)CC2C1. The molecule has 2 aliphatic heterocycles. The lowest BCUT2D eigenvalue weighted by Gasteiger charge is -2.24. The molecule has 5 nitrogen and oxygen atoms in total. The van der Waals surface area contributed by atoms with Gasteiger partial charge in [0.15, 0.2) is 0 Å². The summed E-state index contributed by atoms with van der Waals surface area (Å²) < 4.78 is 0.869. The first-order chi connectivity index (χ1) is 13.9. The number of likely N-dealkylation sites (tertiary alicyclic amines) is 1. The summed E-state index contributed by atoms with van der Waals surface area (Å²) in [6.07, 6.45) is 1.05. The van der Waals surface area contributed by atoms with E-state index in [0.717, 1.165) is 47.3 Å². The summed E-state index contributed by atoms with van der Waals surface area (Å²) in [5.41, 5.74) is 9.40.